The van der Waals surface area contributed by atoms with Crippen LogP contribution in [0.4, 0.5) is 5.69 Å². The number of rotatable bonds is 5. The van der Waals surface area contributed by atoms with Crippen molar-refractivity contribution in [2.45, 2.75) is 13.5 Å². The van der Waals surface area contributed by atoms with Crippen molar-refractivity contribution in [3.8, 4) is 11.3 Å². The van der Waals surface area contributed by atoms with E-state index in [2.05, 4.69) is 10.4 Å². The summed E-state index contributed by atoms with van der Waals surface area (Å²) < 4.78 is 1.25. The third-order valence-electron chi connectivity index (χ3n) is 3.06. The largest absolute Gasteiger partial charge is 0.313 e. The normalized spacial score (nSPS) is 10.6. The molecule has 0 saturated carbocycles. The van der Waals surface area contributed by atoms with Crippen molar-refractivity contribution in [1.29, 1.82) is 0 Å². The Bertz CT molecular complexity index is 724. The summed E-state index contributed by atoms with van der Waals surface area (Å²) in [7, 11) is 1.57. The molecule has 0 aliphatic carbocycles. The molecule has 0 atom stereocenters. The Balaban J connectivity index is 2.49. The Morgan fingerprint density at radius 3 is 2.81 bits per heavy atom. The molecule has 21 heavy (non-hydrogen) atoms. The van der Waals surface area contributed by atoms with E-state index in [9.17, 15) is 14.9 Å². The van der Waals surface area contributed by atoms with Gasteiger partial charge in [-0.15, -0.1) is 0 Å². The molecular formula is C14H16N4O3. The van der Waals surface area contributed by atoms with E-state index in [0.717, 1.165) is 6.54 Å². The lowest BCUT2D eigenvalue weighted by Gasteiger charge is -2.08. The molecular weight excluding hydrogens is 272 g/mol. The van der Waals surface area contributed by atoms with Gasteiger partial charge in [0.2, 0.25) is 0 Å². The van der Waals surface area contributed by atoms with Crippen molar-refractivity contribution in [3.05, 3.63) is 56.4 Å². The van der Waals surface area contributed by atoms with Crippen LogP contribution in [0.2, 0.25) is 0 Å². The second kappa shape index (κ2) is 6.27. The second-order valence-corrected chi connectivity index (χ2v) is 4.57. The zero-order valence-electron chi connectivity index (χ0n) is 11.9. The van der Waals surface area contributed by atoms with Gasteiger partial charge in [0.25, 0.3) is 11.2 Å². The summed E-state index contributed by atoms with van der Waals surface area (Å²) in [5.74, 6) is 0. The Kier molecular flexibility index (Phi) is 4.44. The van der Waals surface area contributed by atoms with Gasteiger partial charge in [0.1, 0.15) is 0 Å². The molecule has 0 aliphatic heterocycles. The van der Waals surface area contributed by atoms with Gasteiger partial charge in [0, 0.05) is 36.9 Å². The standard InChI is InChI=1S/C14H16N4O3/c1-3-15-9-11-8-13(16-17(2)14(11)19)10-5-4-6-12(7-10)18(20)21/h4-8,15H,3,9H2,1-2H3. The number of aromatic nitrogens is 2. The molecule has 2 aromatic rings. The molecule has 7 heteroatoms. The average Bonchev–Trinajstić information content (AvgIpc) is 2.48. The number of nitro groups is 1. The smallest absolute Gasteiger partial charge is 0.271 e. The zero-order chi connectivity index (χ0) is 15.4. The number of benzene rings is 1. The van der Waals surface area contributed by atoms with Crippen LogP contribution in [0.5, 0.6) is 0 Å². The molecule has 0 spiro atoms. The Labute approximate surface area is 121 Å². The van der Waals surface area contributed by atoms with Gasteiger partial charge >= 0.3 is 0 Å². The first kappa shape index (κ1) is 14.9. The molecule has 0 aliphatic rings. The highest BCUT2D eigenvalue weighted by Gasteiger charge is 2.11. The van der Waals surface area contributed by atoms with Crippen LogP contribution in [0.25, 0.3) is 11.3 Å². The van der Waals surface area contributed by atoms with Crippen molar-refractivity contribution in [3.63, 3.8) is 0 Å². The highest BCUT2D eigenvalue weighted by atomic mass is 16.6. The molecule has 1 N–H and O–H groups in total. The van der Waals surface area contributed by atoms with Crippen LogP contribution in [0.3, 0.4) is 0 Å². The number of hydrogen-bond acceptors (Lipinski definition) is 5. The number of aryl methyl sites for hydroxylation is 1. The lowest BCUT2D eigenvalue weighted by molar-refractivity contribution is -0.384. The van der Waals surface area contributed by atoms with Crippen molar-refractivity contribution in [2.75, 3.05) is 6.54 Å². The summed E-state index contributed by atoms with van der Waals surface area (Å²) in [6, 6.07) is 7.87. The topological polar surface area (TPSA) is 90.1 Å². The van der Waals surface area contributed by atoms with Crippen LogP contribution < -0.4 is 10.9 Å². The van der Waals surface area contributed by atoms with E-state index in [1.807, 2.05) is 6.92 Å². The fourth-order valence-electron chi connectivity index (χ4n) is 1.98. The molecule has 1 aromatic heterocycles. The Morgan fingerprint density at radius 2 is 2.14 bits per heavy atom. The van der Waals surface area contributed by atoms with Crippen LogP contribution in [0, 0.1) is 10.1 Å². The van der Waals surface area contributed by atoms with Crippen LogP contribution in [0.1, 0.15) is 12.5 Å². The highest BCUT2D eigenvalue weighted by molar-refractivity contribution is 5.62. The van der Waals surface area contributed by atoms with E-state index >= 15 is 0 Å². The summed E-state index contributed by atoms with van der Waals surface area (Å²) in [6.45, 7) is 3.14. The monoisotopic (exact) mass is 288 g/mol. The van der Waals surface area contributed by atoms with E-state index in [1.54, 1.807) is 25.2 Å². The fourth-order valence-corrected chi connectivity index (χ4v) is 1.98. The van der Waals surface area contributed by atoms with Gasteiger partial charge in [0.05, 0.1) is 10.6 Å². The first-order valence-electron chi connectivity index (χ1n) is 6.55. The summed E-state index contributed by atoms with van der Waals surface area (Å²) >= 11 is 0. The van der Waals surface area contributed by atoms with Crippen molar-refractivity contribution < 1.29 is 4.92 Å². The van der Waals surface area contributed by atoms with Gasteiger partial charge in [0.15, 0.2) is 0 Å². The van der Waals surface area contributed by atoms with Gasteiger partial charge in [-0.1, -0.05) is 19.1 Å². The van der Waals surface area contributed by atoms with Crippen LogP contribution in [-0.2, 0) is 13.6 Å². The van der Waals surface area contributed by atoms with Gasteiger partial charge in [-0.3, -0.25) is 14.9 Å². The molecule has 1 aromatic carbocycles. The predicted octanol–water partition coefficient (Wildman–Crippen LogP) is 1.46. The molecule has 1 heterocycles. The fraction of sp³-hybridized carbons (Fsp3) is 0.286. The Hall–Kier alpha value is -2.54. The molecule has 0 bridgehead atoms. The summed E-state index contributed by atoms with van der Waals surface area (Å²) in [5.41, 5.74) is 1.55. The van der Waals surface area contributed by atoms with E-state index in [1.165, 1.54) is 16.8 Å². The SMILES string of the molecule is CCNCc1cc(-c2cccc([N+](=O)[O-])c2)nn(C)c1=O. The molecule has 2 rings (SSSR count). The first-order chi connectivity index (χ1) is 10.0. The summed E-state index contributed by atoms with van der Waals surface area (Å²) in [6.07, 6.45) is 0. The second-order valence-electron chi connectivity index (χ2n) is 4.57. The minimum absolute atomic E-state index is 0.00335. The van der Waals surface area contributed by atoms with Crippen molar-refractivity contribution in [1.82, 2.24) is 15.1 Å². The maximum absolute atomic E-state index is 12.0. The third kappa shape index (κ3) is 3.32. The quantitative estimate of drug-likeness (QED) is 0.664. The van der Waals surface area contributed by atoms with Crippen LogP contribution >= 0.6 is 0 Å². The number of nitrogens with one attached hydrogen (secondary N) is 1. The maximum atomic E-state index is 12.0. The lowest BCUT2D eigenvalue weighted by atomic mass is 10.1. The van der Waals surface area contributed by atoms with Gasteiger partial charge < -0.3 is 5.32 Å². The maximum Gasteiger partial charge on any atom is 0.271 e. The Morgan fingerprint density at radius 1 is 1.38 bits per heavy atom. The molecule has 0 amide bonds. The minimum Gasteiger partial charge on any atom is -0.313 e. The third-order valence-corrected chi connectivity index (χ3v) is 3.06. The zero-order valence-corrected chi connectivity index (χ0v) is 11.9. The average molecular weight is 288 g/mol. The highest BCUT2D eigenvalue weighted by Crippen LogP contribution is 2.21. The van der Waals surface area contributed by atoms with Gasteiger partial charge in [-0.2, -0.15) is 5.10 Å². The van der Waals surface area contributed by atoms with Crippen LogP contribution in [0.15, 0.2) is 35.1 Å². The molecule has 110 valence electrons. The molecule has 0 unspecified atom stereocenters. The van der Waals surface area contributed by atoms with E-state index in [4.69, 9.17) is 0 Å². The number of nitro benzene ring substituents is 1. The number of nitrogens with zero attached hydrogens (tertiary/aromatic N) is 3. The summed E-state index contributed by atoms with van der Waals surface area (Å²) in [5, 5.41) is 18.1. The first-order valence-corrected chi connectivity index (χ1v) is 6.55. The van der Waals surface area contributed by atoms with Gasteiger partial charge in [-0.25, -0.2) is 4.68 Å². The molecule has 0 radical (unpaired) electrons. The van der Waals surface area contributed by atoms with Gasteiger partial charge in [-0.05, 0) is 12.6 Å². The molecule has 0 saturated heterocycles. The minimum atomic E-state index is -0.453. The van der Waals surface area contributed by atoms with Crippen LogP contribution in [-0.4, -0.2) is 21.2 Å². The predicted molar refractivity (Wildman–Crippen MR) is 78.9 cm³/mol. The van der Waals surface area contributed by atoms with E-state index in [0.29, 0.717) is 23.4 Å². The van der Waals surface area contributed by atoms with E-state index < -0.39 is 4.92 Å². The summed E-state index contributed by atoms with van der Waals surface area (Å²) in [4.78, 5) is 22.4. The lowest BCUT2D eigenvalue weighted by Crippen LogP contribution is -2.27. The van der Waals surface area contributed by atoms with Crippen molar-refractivity contribution >= 4 is 5.69 Å². The molecule has 0 fully saturated rings. The molecule has 7 nitrogen and oxygen atoms in total. The van der Waals surface area contributed by atoms with Crippen molar-refractivity contribution in [2.24, 2.45) is 7.05 Å². The van der Waals surface area contributed by atoms with E-state index in [-0.39, 0.29) is 11.2 Å². The number of non-ortho nitro benzene ring substituents is 1. The number of hydrogen-bond donors (Lipinski definition) is 1.